The summed E-state index contributed by atoms with van der Waals surface area (Å²) in [5.74, 6) is -1.11. The molecular formula is C13H5Cl2F6N3O3S. The zero-order valence-corrected chi connectivity index (χ0v) is 15.5. The lowest BCUT2D eigenvalue weighted by molar-refractivity contribution is -0.137. The van der Waals surface area contributed by atoms with Gasteiger partial charge in [-0.1, -0.05) is 23.2 Å². The molecule has 1 heterocycles. The van der Waals surface area contributed by atoms with Gasteiger partial charge in [-0.3, -0.25) is 0 Å². The highest BCUT2D eigenvalue weighted by Crippen LogP contribution is 2.42. The summed E-state index contributed by atoms with van der Waals surface area (Å²) in [6, 6.07) is 1.95. The highest BCUT2D eigenvalue weighted by molar-refractivity contribution is 7.92. The van der Waals surface area contributed by atoms with Crippen LogP contribution in [0.1, 0.15) is 11.3 Å². The van der Waals surface area contributed by atoms with Gasteiger partial charge in [-0.05, 0) is 12.1 Å². The lowest BCUT2D eigenvalue weighted by Gasteiger charge is -2.14. The molecule has 0 saturated heterocycles. The van der Waals surface area contributed by atoms with Gasteiger partial charge >= 0.3 is 11.7 Å². The summed E-state index contributed by atoms with van der Waals surface area (Å²) in [5, 5.41) is 10.9. The van der Waals surface area contributed by atoms with Gasteiger partial charge in [0, 0.05) is 0 Å². The van der Waals surface area contributed by atoms with E-state index in [1.54, 1.807) is 0 Å². The first-order chi connectivity index (χ1) is 12.7. The average molecular weight is 468 g/mol. The third kappa shape index (κ3) is 3.59. The molecule has 0 atom stereocenters. The minimum Gasteiger partial charge on any atom is -0.480 e. The molecule has 0 radical (unpaired) electrons. The Morgan fingerprint density at radius 3 is 2.00 bits per heavy atom. The van der Waals surface area contributed by atoms with Gasteiger partial charge < -0.3 is 4.74 Å². The number of halogens is 8. The quantitative estimate of drug-likeness (QED) is 0.625. The summed E-state index contributed by atoms with van der Waals surface area (Å²) in [6.07, 6.45) is -4.84. The number of rotatable bonds is 3. The van der Waals surface area contributed by atoms with E-state index < -0.39 is 59.3 Å². The lowest BCUT2D eigenvalue weighted by Crippen LogP contribution is -2.24. The maximum Gasteiger partial charge on any atom is 0.502 e. The predicted octanol–water partition coefficient (Wildman–Crippen LogP) is 4.37. The number of nitriles is 1. The molecule has 152 valence electrons. The molecule has 0 aliphatic carbocycles. The van der Waals surface area contributed by atoms with Crippen LogP contribution in [0.5, 0.6) is 5.88 Å². The van der Waals surface area contributed by atoms with Crippen molar-refractivity contribution < 1.29 is 39.5 Å². The SMILES string of the molecule is COc1c(S(=O)(=O)C(F)(F)F)c(C#N)nn1-c1c(Cl)cc(C(F)(F)F)cc1Cl. The van der Waals surface area contributed by atoms with E-state index in [9.17, 15) is 34.8 Å². The molecule has 0 spiro atoms. The number of hydrogen-bond donors (Lipinski definition) is 0. The van der Waals surface area contributed by atoms with E-state index in [2.05, 4.69) is 9.84 Å². The molecule has 0 fully saturated rings. The number of methoxy groups -OCH3 is 1. The van der Waals surface area contributed by atoms with Crippen LogP contribution in [0.4, 0.5) is 26.3 Å². The Balaban J connectivity index is 2.90. The summed E-state index contributed by atoms with van der Waals surface area (Å²) >= 11 is 11.5. The smallest absolute Gasteiger partial charge is 0.480 e. The van der Waals surface area contributed by atoms with Gasteiger partial charge in [0.05, 0.1) is 22.7 Å². The van der Waals surface area contributed by atoms with Crippen molar-refractivity contribution in [3.05, 3.63) is 33.4 Å². The molecule has 2 rings (SSSR count). The van der Waals surface area contributed by atoms with Crippen LogP contribution in [-0.2, 0) is 16.0 Å². The largest absolute Gasteiger partial charge is 0.502 e. The summed E-state index contributed by atoms with van der Waals surface area (Å²) in [6.45, 7) is 0. The fourth-order valence-corrected chi connectivity index (χ4v) is 3.70. The Bertz CT molecular complexity index is 1060. The fraction of sp³-hybridized carbons (Fsp3) is 0.231. The molecule has 1 aromatic heterocycles. The number of nitrogens with zero attached hydrogens (tertiary/aromatic N) is 3. The van der Waals surface area contributed by atoms with Crippen LogP contribution in [0.15, 0.2) is 17.0 Å². The first-order valence-corrected chi connectivity index (χ1v) is 8.85. The molecule has 0 bridgehead atoms. The van der Waals surface area contributed by atoms with Gasteiger partial charge in [0.2, 0.25) is 5.88 Å². The van der Waals surface area contributed by atoms with E-state index in [1.165, 1.54) is 0 Å². The number of hydrogen-bond acceptors (Lipinski definition) is 5. The predicted molar refractivity (Wildman–Crippen MR) is 83.1 cm³/mol. The Morgan fingerprint density at radius 2 is 1.64 bits per heavy atom. The van der Waals surface area contributed by atoms with E-state index in [1.807, 2.05) is 0 Å². The Hall–Kier alpha value is -2.17. The molecule has 0 N–H and O–H groups in total. The van der Waals surface area contributed by atoms with Crippen molar-refractivity contribution in [2.75, 3.05) is 7.11 Å². The van der Waals surface area contributed by atoms with Crippen molar-refractivity contribution in [2.45, 2.75) is 16.6 Å². The molecule has 0 saturated carbocycles. The molecule has 28 heavy (non-hydrogen) atoms. The minimum absolute atomic E-state index is 0.308. The topological polar surface area (TPSA) is 85.0 Å². The molecular weight excluding hydrogens is 463 g/mol. The first kappa shape index (κ1) is 22.1. The van der Waals surface area contributed by atoms with Gasteiger partial charge in [0.15, 0.2) is 10.6 Å². The van der Waals surface area contributed by atoms with Gasteiger partial charge in [-0.15, -0.1) is 0 Å². The Kier molecular flexibility index (Phi) is 5.54. The summed E-state index contributed by atoms with van der Waals surface area (Å²) in [5.41, 5.74) is -8.93. The molecule has 0 amide bonds. The second-order valence-electron chi connectivity index (χ2n) is 4.95. The highest BCUT2D eigenvalue weighted by atomic mass is 35.5. The molecule has 2 aromatic rings. The van der Waals surface area contributed by atoms with Gasteiger partial charge in [-0.2, -0.15) is 41.4 Å². The lowest BCUT2D eigenvalue weighted by atomic mass is 10.2. The standard InChI is InChI=1S/C13H5Cl2F6N3O3S/c1-27-11-10(28(25,26)13(19,20)21)8(4-22)23-24(11)9-6(14)2-5(3-7(9)15)12(16,17)18/h2-3H,1H3. The number of aromatic nitrogens is 2. The van der Waals surface area contributed by atoms with E-state index in [-0.39, 0.29) is 0 Å². The van der Waals surface area contributed by atoms with Crippen LogP contribution in [0.3, 0.4) is 0 Å². The average Bonchev–Trinajstić information content (AvgIpc) is 2.91. The fourth-order valence-electron chi connectivity index (χ4n) is 2.08. The maximum atomic E-state index is 12.9. The van der Waals surface area contributed by atoms with Crippen molar-refractivity contribution in [2.24, 2.45) is 0 Å². The van der Waals surface area contributed by atoms with Gasteiger partial charge in [0.1, 0.15) is 11.8 Å². The molecule has 6 nitrogen and oxygen atoms in total. The van der Waals surface area contributed by atoms with Crippen LogP contribution < -0.4 is 4.74 Å². The minimum atomic E-state index is -6.10. The number of ether oxygens (including phenoxy) is 1. The normalized spacial score (nSPS) is 12.7. The van der Waals surface area contributed by atoms with Crippen LogP contribution in [0.2, 0.25) is 10.0 Å². The maximum absolute atomic E-state index is 12.9. The third-order valence-electron chi connectivity index (χ3n) is 3.23. The Morgan fingerprint density at radius 1 is 1.14 bits per heavy atom. The zero-order chi connectivity index (χ0) is 21.7. The van der Waals surface area contributed by atoms with Crippen molar-refractivity contribution in [3.8, 4) is 17.6 Å². The van der Waals surface area contributed by atoms with E-state index >= 15 is 0 Å². The van der Waals surface area contributed by atoms with E-state index in [0.29, 0.717) is 16.8 Å². The van der Waals surface area contributed by atoms with Crippen molar-refractivity contribution in [1.82, 2.24) is 9.78 Å². The van der Waals surface area contributed by atoms with E-state index in [4.69, 9.17) is 28.5 Å². The molecule has 1 aromatic carbocycles. The van der Waals surface area contributed by atoms with Crippen LogP contribution in [0, 0.1) is 11.3 Å². The molecule has 0 unspecified atom stereocenters. The number of sulfone groups is 1. The zero-order valence-electron chi connectivity index (χ0n) is 13.2. The molecule has 0 aliphatic heterocycles. The number of benzene rings is 1. The van der Waals surface area contributed by atoms with Crippen LogP contribution in [-0.4, -0.2) is 30.8 Å². The monoisotopic (exact) mass is 467 g/mol. The van der Waals surface area contributed by atoms with Crippen LogP contribution >= 0.6 is 23.2 Å². The second-order valence-corrected chi connectivity index (χ2v) is 7.64. The molecule has 15 heteroatoms. The summed E-state index contributed by atoms with van der Waals surface area (Å²) < 4.78 is 106. The van der Waals surface area contributed by atoms with Gasteiger partial charge in [0.25, 0.3) is 9.84 Å². The van der Waals surface area contributed by atoms with E-state index in [0.717, 1.165) is 13.2 Å². The van der Waals surface area contributed by atoms with Crippen molar-refractivity contribution in [3.63, 3.8) is 0 Å². The highest BCUT2D eigenvalue weighted by Gasteiger charge is 2.51. The summed E-state index contributed by atoms with van der Waals surface area (Å²) in [4.78, 5) is -1.63. The Labute approximate surface area is 162 Å². The van der Waals surface area contributed by atoms with Gasteiger partial charge in [-0.25, -0.2) is 8.42 Å². The summed E-state index contributed by atoms with van der Waals surface area (Å²) in [7, 11) is -5.34. The first-order valence-electron chi connectivity index (χ1n) is 6.61. The van der Waals surface area contributed by atoms with Crippen molar-refractivity contribution in [1.29, 1.82) is 5.26 Å². The van der Waals surface area contributed by atoms with Crippen molar-refractivity contribution >= 4 is 33.0 Å². The van der Waals surface area contributed by atoms with Crippen LogP contribution in [0.25, 0.3) is 5.69 Å². The number of alkyl halides is 6. The third-order valence-corrected chi connectivity index (χ3v) is 5.32. The molecule has 0 aliphatic rings. The second kappa shape index (κ2) is 7.02.